The number of hydrogen-bond acceptors (Lipinski definition) is 5. The SMILES string of the molecule is CSc1nc2ccc(Cn3cnc4cc(OCc5ccccc5)ccc43)cc2s1. The first-order valence-corrected chi connectivity index (χ1v) is 11.4. The van der Waals surface area contributed by atoms with Gasteiger partial charge in [0.05, 0.1) is 27.6 Å². The molecule has 0 amide bonds. The van der Waals surface area contributed by atoms with Crippen LogP contribution in [0.25, 0.3) is 21.3 Å². The monoisotopic (exact) mass is 417 g/mol. The molecular formula is C23H19N3OS2. The van der Waals surface area contributed by atoms with Gasteiger partial charge in [-0.25, -0.2) is 9.97 Å². The van der Waals surface area contributed by atoms with Gasteiger partial charge < -0.3 is 9.30 Å². The van der Waals surface area contributed by atoms with Crippen LogP contribution in [0.15, 0.2) is 77.4 Å². The summed E-state index contributed by atoms with van der Waals surface area (Å²) >= 11 is 3.44. The summed E-state index contributed by atoms with van der Waals surface area (Å²) in [4.78, 5) is 9.20. The van der Waals surface area contributed by atoms with Crippen LogP contribution in [0.5, 0.6) is 5.75 Å². The highest BCUT2D eigenvalue weighted by Gasteiger charge is 2.08. The largest absolute Gasteiger partial charge is 0.489 e. The number of imidazole rings is 1. The maximum absolute atomic E-state index is 5.93. The fourth-order valence-corrected chi connectivity index (χ4v) is 4.88. The van der Waals surface area contributed by atoms with Crippen LogP contribution in [0.1, 0.15) is 11.1 Å². The van der Waals surface area contributed by atoms with E-state index >= 15 is 0 Å². The Hall–Kier alpha value is -2.83. The molecular weight excluding hydrogens is 398 g/mol. The summed E-state index contributed by atoms with van der Waals surface area (Å²) in [6.45, 7) is 1.34. The van der Waals surface area contributed by atoms with E-state index in [9.17, 15) is 0 Å². The van der Waals surface area contributed by atoms with Crippen LogP contribution >= 0.6 is 23.1 Å². The van der Waals surface area contributed by atoms with Crippen molar-refractivity contribution < 1.29 is 4.74 Å². The molecule has 0 saturated heterocycles. The molecule has 0 aliphatic carbocycles. The zero-order valence-corrected chi connectivity index (χ0v) is 17.5. The molecule has 5 aromatic rings. The van der Waals surface area contributed by atoms with Gasteiger partial charge >= 0.3 is 0 Å². The molecule has 0 N–H and O–H groups in total. The molecule has 0 unspecified atom stereocenters. The fraction of sp³-hybridized carbons (Fsp3) is 0.130. The molecule has 3 aromatic carbocycles. The lowest BCUT2D eigenvalue weighted by Crippen LogP contribution is -1.98. The van der Waals surface area contributed by atoms with Gasteiger partial charge in [0.2, 0.25) is 0 Å². The van der Waals surface area contributed by atoms with Crippen LogP contribution in [0.4, 0.5) is 0 Å². The summed E-state index contributed by atoms with van der Waals surface area (Å²) in [5, 5.41) is 0. The molecule has 0 aliphatic rings. The highest BCUT2D eigenvalue weighted by Crippen LogP contribution is 2.29. The zero-order valence-electron chi connectivity index (χ0n) is 15.9. The quantitative estimate of drug-likeness (QED) is 0.318. The summed E-state index contributed by atoms with van der Waals surface area (Å²) < 4.78 is 10.4. The van der Waals surface area contributed by atoms with E-state index in [1.54, 1.807) is 23.1 Å². The lowest BCUT2D eigenvalue weighted by molar-refractivity contribution is 0.306. The molecule has 2 heterocycles. The van der Waals surface area contributed by atoms with E-state index in [4.69, 9.17) is 4.74 Å². The summed E-state index contributed by atoms with van der Waals surface area (Å²) in [5.41, 5.74) is 5.52. The topological polar surface area (TPSA) is 39.9 Å². The van der Waals surface area contributed by atoms with Crippen LogP contribution < -0.4 is 4.74 Å². The number of fused-ring (bicyclic) bond motifs is 2. The molecule has 5 rings (SSSR count). The highest BCUT2D eigenvalue weighted by molar-refractivity contribution is 8.00. The smallest absolute Gasteiger partial charge is 0.150 e. The third-order valence-corrected chi connectivity index (χ3v) is 6.80. The zero-order chi connectivity index (χ0) is 19.6. The molecule has 29 heavy (non-hydrogen) atoms. The molecule has 144 valence electrons. The first kappa shape index (κ1) is 18.2. The van der Waals surface area contributed by atoms with E-state index in [-0.39, 0.29) is 0 Å². The Labute approximate surface area is 177 Å². The average Bonchev–Trinajstić information content (AvgIpc) is 3.36. The second kappa shape index (κ2) is 7.89. The van der Waals surface area contributed by atoms with Crippen LogP contribution in [0.3, 0.4) is 0 Å². The average molecular weight is 418 g/mol. The lowest BCUT2D eigenvalue weighted by atomic mass is 10.2. The number of rotatable bonds is 6. The Morgan fingerprint density at radius 3 is 2.72 bits per heavy atom. The second-order valence-corrected chi connectivity index (χ2v) is 8.87. The van der Waals surface area contributed by atoms with Crippen molar-refractivity contribution in [2.24, 2.45) is 0 Å². The predicted molar refractivity (Wildman–Crippen MR) is 121 cm³/mol. The van der Waals surface area contributed by atoms with E-state index in [1.807, 2.05) is 36.7 Å². The molecule has 2 aromatic heterocycles. The number of nitrogens with zero attached hydrogens (tertiary/aromatic N) is 3. The van der Waals surface area contributed by atoms with E-state index in [0.717, 1.165) is 38.7 Å². The number of aromatic nitrogens is 3. The Morgan fingerprint density at radius 1 is 0.966 bits per heavy atom. The van der Waals surface area contributed by atoms with E-state index in [1.165, 1.54) is 10.3 Å². The van der Waals surface area contributed by atoms with Crippen molar-refractivity contribution in [3.63, 3.8) is 0 Å². The number of thioether (sulfide) groups is 1. The summed E-state index contributed by atoms with van der Waals surface area (Å²) in [5.74, 6) is 0.835. The first-order valence-electron chi connectivity index (χ1n) is 9.33. The van der Waals surface area contributed by atoms with Gasteiger partial charge in [0.15, 0.2) is 4.34 Å². The van der Waals surface area contributed by atoms with Crippen molar-refractivity contribution in [1.82, 2.24) is 14.5 Å². The maximum atomic E-state index is 5.93. The number of thiazole rings is 1. The van der Waals surface area contributed by atoms with Crippen LogP contribution in [-0.2, 0) is 13.2 Å². The molecule has 0 saturated carbocycles. The van der Waals surface area contributed by atoms with Crippen molar-refractivity contribution >= 4 is 44.3 Å². The molecule has 6 heteroatoms. The standard InChI is InChI=1S/C23H19N3OS2/c1-28-23-25-19-9-7-17(11-22(19)29-23)13-26-15-24-20-12-18(8-10-21(20)26)27-14-16-5-3-2-4-6-16/h2-12,15H,13-14H2,1H3. The number of ether oxygens (including phenoxy) is 1. The Kier molecular flexibility index (Phi) is 4.96. The minimum atomic E-state index is 0.556. The molecule has 0 radical (unpaired) electrons. The molecule has 4 nitrogen and oxygen atoms in total. The predicted octanol–water partition coefficient (Wildman–Crippen LogP) is 6.00. The maximum Gasteiger partial charge on any atom is 0.150 e. The number of benzene rings is 3. The first-order chi connectivity index (χ1) is 14.3. The van der Waals surface area contributed by atoms with Crippen LogP contribution in [0.2, 0.25) is 0 Å². The summed E-state index contributed by atoms with van der Waals surface area (Å²) in [6.07, 6.45) is 3.96. The molecule has 0 atom stereocenters. The molecule has 0 aliphatic heterocycles. The van der Waals surface area contributed by atoms with Gasteiger partial charge in [-0.2, -0.15) is 0 Å². The Morgan fingerprint density at radius 2 is 1.86 bits per heavy atom. The summed E-state index contributed by atoms with van der Waals surface area (Å²) in [7, 11) is 0. The van der Waals surface area contributed by atoms with Gasteiger partial charge in [-0.1, -0.05) is 48.2 Å². The summed E-state index contributed by atoms with van der Waals surface area (Å²) in [6, 6.07) is 22.8. The highest BCUT2D eigenvalue weighted by atomic mass is 32.2. The van der Waals surface area contributed by atoms with Gasteiger partial charge in [0.1, 0.15) is 12.4 Å². The van der Waals surface area contributed by atoms with Gasteiger partial charge in [0.25, 0.3) is 0 Å². The van der Waals surface area contributed by atoms with Crippen molar-refractivity contribution in [2.45, 2.75) is 17.5 Å². The normalized spacial score (nSPS) is 11.3. The third kappa shape index (κ3) is 3.86. The second-order valence-electron chi connectivity index (χ2n) is 6.78. The Balaban J connectivity index is 1.35. The minimum Gasteiger partial charge on any atom is -0.489 e. The Bertz CT molecular complexity index is 1280. The number of hydrogen-bond donors (Lipinski definition) is 0. The van der Waals surface area contributed by atoms with Gasteiger partial charge in [-0.05, 0) is 41.6 Å². The van der Waals surface area contributed by atoms with Gasteiger partial charge in [-0.15, -0.1) is 11.3 Å². The van der Waals surface area contributed by atoms with E-state index < -0.39 is 0 Å². The van der Waals surface area contributed by atoms with Crippen molar-refractivity contribution in [3.05, 3.63) is 84.2 Å². The van der Waals surface area contributed by atoms with E-state index in [2.05, 4.69) is 57.2 Å². The lowest BCUT2D eigenvalue weighted by Gasteiger charge is -2.08. The van der Waals surface area contributed by atoms with Crippen LogP contribution in [0, 0.1) is 0 Å². The van der Waals surface area contributed by atoms with Crippen molar-refractivity contribution in [3.8, 4) is 5.75 Å². The third-order valence-electron chi connectivity index (χ3n) is 4.80. The van der Waals surface area contributed by atoms with Gasteiger partial charge in [-0.3, -0.25) is 0 Å². The minimum absolute atomic E-state index is 0.556. The van der Waals surface area contributed by atoms with Crippen molar-refractivity contribution in [2.75, 3.05) is 6.26 Å². The molecule has 0 spiro atoms. The van der Waals surface area contributed by atoms with Gasteiger partial charge in [0, 0.05) is 12.6 Å². The fourth-order valence-electron chi connectivity index (χ4n) is 3.33. The van der Waals surface area contributed by atoms with Crippen molar-refractivity contribution in [1.29, 1.82) is 0 Å². The molecule has 0 bridgehead atoms. The molecule has 0 fully saturated rings. The van der Waals surface area contributed by atoms with E-state index in [0.29, 0.717) is 6.61 Å². The van der Waals surface area contributed by atoms with Crippen LogP contribution in [-0.4, -0.2) is 20.8 Å².